The summed E-state index contributed by atoms with van der Waals surface area (Å²) in [6.07, 6.45) is 3.67. The molecule has 0 atom stereocenters. The molecule has 1 aliphatic rings. The van der Waals surface area contributed by atoms with Gasteiger partial charge in [-0.2, -0.15) is 0 Å². The monoisotopic (exact) mass is 548 g/mol. The topological polar surface area (TPSA) is 80.6 Å². The van der Waals surface area contributed by atoms with Crippen molar-refractivity contribution in [1.29, 1.82) is 0 Å². The van der Waals surface area contributed by atoms with Crippen molar-refractivity contribution in [2.24, 2.45) is 0 Å². The Labute approximate surface area is 231 Å². The van der Waals surface area contributed by atoms with E-state index in [1.165, 1.54) is 23.5 Å². The molecule has 0 radical (unpaired) electrons. The number of aromatic nitrogens is 1. The minimum atomic E-state index is -1.14. The summed E-state index contributed by atoms with van der Waals surface area (Å²) in [5, 5.41) is 13.7. The van der Waals surface area contributed by atoms with Gasteiger partial charge in [-0.25, -0.2) is 4.39 Å². The number of benzene rings is 2. The maximum Gasteiger partial charge on any atom is 0.261 e. The van der Waals surface area contributed by atoms with Crippen LogP contribution < -0.4 is 15.5 Å². The van der Waals surface area contributed by atoms with Crippen molar-refractivity contribution in [3.8, 4) is 17.2 Å². The predicted octanol–water partition coefficient (Wildman–Crippen LogP) is 6.63. The van der Waals surface area contributed by atoms with Gasteiger partial charge in [-0.3, -0.25) is 9.59 Å². The molecule has 4 aromatic rings. The molecule has 0 saturated heterocycles. The predicted molar refractivity (Wildman–Crippen MR) is 153 cm³/mol. The quantitative estimate of drug-likeness (QED) is 0.272. The fraction of sp³-hybridized carbons (Fsp3) is 0.355. The first kappa shape index (κ1) is 27.1. The summed E-state index contributed by atoms with van der Waals surface area (Å²) >= 11 is 1.19. The van der Waals surface area contributed by atoms with Gasteiger partial charge in [0, 0.05) is 18.3 Å². The lowest BCUT2D eigenvalue weighted by Gasteiger charge is -2.23. The van der Waals surface area contributed by atoms with E-state index in [0.29, 0.717) is 61.1 Å². The van der Waals surface area contributed by atoms with Gasteiger partial charge in [0.1, 0.15) is 11.6 Å². The summed E-state index contributed by atoms with van der Waals surface area (Å²) in [6.45, 7) is 11.4. The molecule has 0 spiro atoms. The van der Waals surface area contributed by atoms with Crippen LogP contribution in [0.1, 0.15) is 72.5 Å². The smallest absolute Gasteiger partial charge is 0.261 e. The van der Waals surface area contributed by atoms with Crippen LogP contribution in [0.15, 0.2) is 47.4 Å². The second-order valence-corrected chi connectivity index (χ2v) is 12.3. The van der Waals surface area contributed by atoms with Crippen LogP contribution >= 0.6 is 11.3 Å². The molecule has 2 heterocycles. The van der Waals surface area contributed by atoms with Crippen molar-refractivity contribution in [3.63, 3.8) is 0 Å². The number of hydrogen-bond donors (Lipinski definition) is 2. The van der Waals surface area contributed by atoms with Crippen LogP contribution in [0.5, 0.6) is 11.5 Å². The van der Waals surface area contributed by atoms with Gasteiger partial charge in [-0.1, -0.05) is 13.0 Å². The molecule has 5 rings (SSSR count). The minimum Gasteiger partial charge on any atom is -0.455 e. The first-order chi connectivity index (χ1) is 18.3. The molecule has 6 nitrogen and oxygen atoms in total. The first-order valence-electron chi connectivity index (χ1n) is 13.1. The van der Waals surface area contributed by atoms with Gasteiger partial charge in [0.25, 0.3) is 5.91 Å². The summed E-state index contributed by atoms with van der Waals surface area (Å²) in [5.41, 5.74) is 2.40. The molecular weight excluding hydrogens is 515 g/mol. The Balaban J connectivity index is 1.80. The number of aliphatic hydroxyl groups is 1. The van der Waals surface area contributed by atoms with Crippen molar-refractivity contribution in [2.45, 2.75) is 65.4 Å². The highest BCUT2D eigenvalue weighted by atomic mass is 32.1. The number of rotatable bonds is 7. The summed E-state index contributed by atoms with van der Waals surface area (Å²) in [5.74, 6) is 0.440. The number of hydrogen-bond acceptors (Lipinski definition) is 5. The summed E-state index contributed by atoms with van der Waals surface area (Å²) < 4.78 is 22.9. The third-order valence-corrected chi connectivity index (χ3v) is 8.58. The molecular formula is C31H33FN2O4S. The van der Waals surface area contributed by atoms with Crippen molar-refractivity contribution in [3.05, 3.63) is 85.8 Å². The number of carbonyl (C=O) groups is 1. The van der Waals surface area contributed by atoms with E-state index in [2.05, 4.69) is 12.2 Å². The van der Waals surface area contributed by atoms with Crippen LogP contribution in [0.3, 0.4) is 0 Å². The van der Waals surface area contributed by atoms with E-state index in [0.717, 1.165) is 12.8 Å². The number of thiophene rings is 1. The molecule has 0 bridgehead atoms. The molecule has 0 unspecified atom stereocenters. The summed E-state index contributed by atoms with van der Waals surface area (Å²) in [6, 6.07) is 10.0. The van der Waals surface area contributed by atoms with E-state index >= 15 is 0 Å². The largest absolute Gasteiger partial charge is 0.455 e. The Morgan fingerprint density at radius 2 is 1.85 bits per heavy atom. The zero-order valence-corrected chi connectivity index (χ0v) is 23.9. The average molecular weight is 549 g/mol. The molecule has 204 valence electrons. The van der Waals surface area contributed by atoms with E-state index in [9.17, 15) is 19.1 Å². The number of aryl methyl sites for hydroxylation is 2. The summed E-state index contributed by atoms with van der Waals surface area (Å²) in [4.78, 5) is 26.9. The molecule has 2 aromatic carbocycles. The maximum atomic E-state index is 14.0. The van der Waals surface area contributed by atoms with Gasteiger partial charge >= 0.3 is 0 Å². The van der Waals surface area contributed by atoms with Crippen molar-refractivity contribution >= 4 is 27.5 Å². The lowest BCUT2D eigenvalue weighted by Crippen LogP contribution is -2.21. The van der Waals surface area contributed by atoms with Crippen LogP contribution in [0, 0.1) is 19.7 Å². The third-order valence-electron chi connectivity index (χ3n) is 7.45. The third kappa shape index (κ3) is 4.99. The molecule has 1 amide bonds. The standard InChI is InChI=1S/C31H33FN2O4S/c1-7-33-29(36)25-15-23-28(39-25)26(35)21(31(6)10-11-31)16-34(23)22-14-19(30(4,5)37)8-9-24(22)38-27-17(2)12-20(32)13-18(27)3/h8-9,12-16,37H,7,10-11H2,1-6H3,(H,33,36). The molecule has 39 heavy (non-hydrogen) atoms. The fourth-order valence-electron chi connectivity index (χ4n) is 4.89. The number of nitrogens with one attached hydrogen (secondary N) is 1. The molecule has 2 N–H and O–H groups in total. The first-order valence-corrected chi connectivity index (χ1v) is 13.9. The van der Waals surface area contributed by atoms with Crippen LogP contribution in [0.4, 0.5) is 4.39 Å². The normalized spacial score (nSPS) is 14.5. The van der Waals surface area contributed by atoms with Gasteiger partial charge in [0.2, 0.25) is 5.43 Å². The number of ether oxygens (including phenoxy) is 1. The lowest BCUT2D eigenvalue weighted by atomic mass is 9.96. The average Bonchev–Trinajstić information content (AvgIpc) is 3.43. The minimum absolute atomic E-state index is 0.0619. The Morgan fingerprint density at radius 1 is 1.18 bits per heavy atom. The SMILES string of the molecule is CCNC(=O)c1cc2c(s1)c(=O)c(C1(C)CC1)cn2-c1cc(C(C)(C)O)ccc1Oc1c(C)cc(F)cc1C. The van der Waals surface area contributed by atoms with Crippen LogP contribution in [0.2, 0.25) is 0 Å². The van der Waals surface area contributed by atoms with E-state index in [-0.39, 0.29) is 22.6 Å². The van der Waals surface area contributed by atoms with Crippen LogP contribution in [0.25, 0.3) is 15.9 Å². The summed E-state index contributed by atoms with van der Waals surface area (Å²) in [7, 11) is 0. The second kappa shape index (κ2) is 9.61. The Kier molecular flexibility index (Phi) is 6.67. The zero-order valence-electron chi connectivity index (χ0n) is 23.1. The van der Waals surface area contributed by atoms with Gasteiger partial charge in [-0.05, 0) is 99.9 Å². The van der Waals surface area contributed by atoms with Crippen LogP contribution in [-0.2, 0) is 11.0 Å². The molecule has 2 aromatic heterocycles. The number of carbonyl (C=O) groups excluding carboxylic acids is 1. The van der Waals surface area contributed by atoms with Crippen molar-refractivity contribution in [2.75, 3.05) is 6.54 Å². The van der Waals surface area contributed by atoms with E-state index in [1.807, 2.05) is 23.8 Å². The Morgan fingerprint density at radius 3 is 2.44 bits per heavy atom. The van der Waals surface area contributed by atoms with E-state index in [4.69, 9.17) is 4.74 Å². The van der Waals surface area contributed by atoms with Gasteiger partial charge in [-0.15, -0.1) is 11.3 Å². The molecule has 8 heteroatoms. The molecule has 1 aliphatic carbocycles. The number of halogens is 1. The second-order valence-electron chi connectivity index (χ2n) is 11.2. The number of amides is 1. The highest BCUT2D eigenvalue weighted by molar-refractivity contribution is 7.20. The highest BCUT2D eigenvalue weighted by Gasteiger charge is 2.42. The van der Waals surface area contributed by atoms with Crippen LogP contribution in [-0.4, -0.2) is 22.1 Å². The van der Waals surface area contributed by atoms with E-state index < -0.39 is 5.60 Å². The van der Waals surface area contributed by atoms with Crippen molar-refractivity contribution < 1.29 is 19.0 Å². The lowest BCUT2D eigenvalue weighted by molar-refractivity contribution is 0.0785. The highest BCUT2D eigenvalue weighted by Crippen LogP contribution is 2.47. The molecule has 0 aliphatic heterocycles. The number of fused-ring (bicyclic) bond motifs is 1. The van der Waals surface area contributed by atoms with Crippen molar-refractivity contribution in [1.82, 2.24) is 9.88 Å². The number of nitrogens with zero attached hydrogens (tertiary/aromatic N) is 1. The van der Waals surface area contributed by atoms with Gasteiger partial charge in [0.15, 0.2) is 5.75 Å². The number of pyridine rings is 1. The zero-order chi connectivity index (χ0) is 28.3. The maximum absolute atomic E-state index is 14.0. The van der Waals surface area contributed by atoms with Gasteiger partial charge in [0.05, 0.1) is 26.4 Å². The molecule has 1 fully saturated rings. The Bertz CT molecular complexity index is 1650. The van der Waals surface area contributed by atoms with E-state index in [1.54, 1.807) is 45.9 Å². The molecule has 1 saturated carbocycles. The van der Waals surface area contributed by atoms with Gasteiger partial charge < -0.3 is 19.7 Å². The Hall–Kier alpha value is -3.49. The fourth-order valence-corrected chi connectivity index (χ4v) is 5.91.